The maximum Gasteiger partial charge on any atom is 0.416 e. The summed E-state index contributed by atoms with van der Waals surface area (Å²) in [5.41, 5.74) is -1.15. The van der Waals surface area contributed by atoms with E-state index in [0.717, 1.165) is 18.5 Å². The summed E-state index contributed by atoms with van der Waals surface area (Å²) in [5.74, 6) is -0.526. The number of imidazole rings is 1. The normalized spacial score (nSPS) is 11.8. The molecule has 29 heavy (non-hydrogen) atoms. The van der Waals surface area contributed by atoms with Crippen molar-refractivity contribution in [1.82, 2.24) is 19.5 Å². The van der Waals surface area contributed by atoms with Crippen LogP contribution in [0.1, 0.15) is 5.56 Å². The fraction of sp³-hybridized carbons (Fsp3) is 0.105. The third kappa shape index (κ3) is 3.22. The van der Waals surface area contributed by atoms with Crippen LogP contribution in [0.15, 0.2) is 53.6 Å². The number of aromatic nitrogens is 4. The molecular weight excluding hydrogens is 392 g/mol. The number of fused-ring (bicyclic) bond motifs is 1. The van der Waals surface area contributed by atoms with Crippen molar-refractivity contribution >= 4 is 11.2 Å². The highest BCUT2D eigenvalue weighted by Gasteiger charge is 2.31. The smallest absolute Gasteiger partial charge is 0.416 e. The number of benzene rings is 2. The van der Waals surface area contributed by atoms with E-state index in [1.165, 1.54) is 11.7 Å². The molecule has 0 spiro atoms. The molecule has 0 aliphatic rings. The number of methoxy groups -OCH3 is 1. The number of nitrogens with zero attached hydrogens (tertiary/aromatic N) is 3. The molecule has 148 valence electrons. The van der Waals surface area contributed by atoms with Crippen LogP contribution in [-0.4, -0.2) is 26.6 Å². The Hall–Kier alpha value is -3.69. The SMILES string of the molecule is COc1ccc(-n2c(=O)[nH]c3c(-c4ccc(C(F)(F)F)cc4F)ncnc32)cc1. The zero-order valence-corrected chi connectivity index (χ0v) is 14.8. The first kappa shape index (κ1) is 18.7. The molecule has 4 rings (SSSR count). The molecule has 0 atom stereocenters. The number of nitrogens with one attached hydrogen (secondary N) is 1. The molecule has 0 bridgehead atoms. The van der Waals surface area contributed by atoms with Gasteiger partial charge in [0.25, 0.3) is 0 Å². The Bertz CT molecular complexity index is 1260. The van der Waals surface area contributed by atoms with Gasteiger partial charge in [0.2, 0.25) is 0 Å². The standard InChI is InChI=1S/C19H12F4N4O2/c1-29-12-5-3-11(4-6-12)27-17-16(26-18(27)28)15(24-9-25-17)13-7-2-10(8-14(13)20)19(21,22)23/h2-9H,1H3,(H,26,28). The molecular formula is C19H12F4N4O2. The Kier molecular flexibility index (Phi) is 4.33. The van der Waals surface area contributed by atoms with Gasteiger partial charge in [0, 0.05) is 5.56 Å². The van der Waals surface area contributed by atoms with Gasteiger partial charge in [0.15, 0.2) is 5.65 Å². The molecule has 0 unspecified atom stereocenters. The summed E-state index contributed by atoms with van der Waals surface area (Å²) in [7, 11) is 1.50. The van der Waals surface area contributed by atoms with Gasteiger partial charge >= 0.3 is 11.9 Å². The topological polar surface area (TPSA) is 72.8 Å². The van der Waals surface area contributed by atoms with Gasteiger partial charge in [-0.1, -0.05) is 0 Å². The van der Waals surface area contributed by atoms with E-state index in [1.54, 1.807) is 24.3 Å². The predicted molar refractivity (Wildman–Crippen MR) is 96.4 cm³/mol. The van der Waals surface area contributed by atoms with Crippen molar-refractivity contribution in [3.8, 4) is 22.7 Å². The first-order chi connectivity index (χ1) is 13.8. The summed E-state index contributed by atoms with van der Waals surface area (Å²) in [6.45, 7) is 0. The Morgan fingerprint density at radius 2 is 1.79 bits per heavy atom. The second-order valence-corrected chi connectivity index (χ2v) is 6.08. The van der Waals surface area contributed by atoms with Crippen molar-refractivity contribution in [3.05, 3.63) is 70.7 Å². The van der Waals surface area contributed by atoms with Crippen LogP contribution in [0.2, 0.25) is 0 Å². The van der Waals surface area contributed by atoms with Gasteiger partial charge in [0.1, 0.15) is 29.1 Å². The molecule has 1 N–H and O–H groups in total. The van der Waals surface area contributed by atoms with Gasteiger partial charge in [-0.05, 0) is 42.5 Å². The number of aromatic amines is 1. The molecule has 0 radical (unpaired) electrons. The largest absolute Gasteiger partial charge is 0.497 e. The second-order valence-electron chi connectivity index (χ2n) is 6.08. The zero-order valence-electron chi connectivity index (χ0n) is 14.8. The minimum Gasteiger partial charge on any atom is -0.497 e. The Labute approximate surface area is 160 Å². The van der Waals surface area contributed by atoms with E-state index in [-0.39, 0.29) is 22.4 Å². The van der Waals surface area contributed by atoms with E-state index in [9.17, 15) is 22.4 Å². The predicted octanol–water partition coefficient (Wildman–Crippen LogP) is 3.94. The van der Waals surface area contributed by atoms with E-state index in [2.05, 4.69) is 15.0 Å². The average Bonchev–Trinajstić information content (AvgIpc) is 3.03. The molecule has 2 heterocycles. The Morgan fingerprint density at radius 1 is 1.07 bits per heavy atom. The van der Waals surface area contributed by atoms with Crippen molar-refractivity contribution in [3.63, 3.8) is 0 Å². The number of halogens is 4. The molecule has 6 nitrogen and oxygen atoms in total. The van der Waals surface area contributed by atoms with Crippen molar-refractivity contribution in [2.75, 3.05) is 7.11 Å². The van der Waals surface area contributed by atoms with E-state index in [0.29, 0.717) is 17.5 Å². The number of hydrogen-bond acceptors (Lipinski definition) is 4. The fourth-order valence-corrected chi connectivity index (χ4v) is 2.98. The van der Waals surface area contributed by atoms with Gasteiger partial charge in [0.05, 0.1) is 18.4 Å². The number of rotatable bonds is 3. The quantitative estimate of drug-likeness (QED) is 0.525. The van der Waals surface area contributed by atoms with Gasteiger partial charge in [-0.25, -0.2) is 23.7 Å². The first-order valence-corrected chi connectivity index (χ1v) is 8.27. The molecule has 4 aromatic rings. The molecule has 0 aliphatic carbocycles. The van der Waals surface area contributed by atoms with Crippen molar-refractivity contribution in [1.29, 1.82) is 0 Å². The Balaban J connectivity index is 1.89. The van der Waals surface area contributed by atoms with Gasteiger partial charge < -0.3 is 9.72 Å². The summed E-state index contributed by atoms with van der Waals surface area (Å²) in [4.78, 5) is 23.1. The van der Waals surface area contributed by atoms with E-state index in [4.69, 9.17) is 4.74 Å². The third-order valence-electron chi connectivity index (χ3n) is 4.36. The van der Waals surface area contributed by atoms with Crippen LogP contribution < -0.4 is 10.4 Å². The lowest BCUT2D eigenvalue weighted by Gasteiger charge is -2.09. The van der Waals surface area contributed by atoms with Gasteiger partial charge in [-0.2, -0.15) is 13.2 Å². The molecule has 0 saturated carbocycles. The Morgan fingerprint density at radius 3 is 2.41 bits per heavy atom. The van der Waals surface area contributed by atoms with E-state index >= 15 is 0 Å². The minimum atomic E-state index is -4.67. The second kappa shape index (κ2) is 6.73. The van der Waals surface area contributed by atoms with Crippen LogP contribution in [0.3, 0.4) is 0 Å². The number of H-pyrrole nitrogens is 1. The number of alkyl halides is 3. The first-order valence-electron chi connectivity index (χ1n) is 8.27. The molecule has 0 fully saturated rings. The highest BCUT2D eigenvalue weighted by atomic mass is 19.4. The summed E-state index contributed by atoms with van der Waals surface area (Å²) < 4.78 is 59.2. The molecule has 0 saturated heterocycles. The summed E-state index contributed by atoms with van der Waals surface area (Å²) in [5, 5.41) is 0. The average molecular weight is 404 g/mol. The van der Waals surface area contributed by atoms with Gasteiger partial charge in [-0.3, -0.25) is 0 Å². The van der Waals surface area contributed by atoms with E-state index < -0.39 is 23.2 Å². The lowest BCUT2D eigenvalue weighted by Crippen LogP contribution is -2.14. The summed E-state index contributed by atoms with van der Waals surface area (Å²) >= 11 is 0. The van der Waals surface area contributed by atoms with E-state index in [1.807, 2.05) is 0 Å². The van der Waals surface area contributed by atoms with Crippen molar-refractivity contribution in [2.24, 2.45) is 0 Å². The highest BCUT2D eigenvalue weighted by Crippen LogP contribution is 2.33. The summed E-state index contributed by atoms with van der Waals surface area (Å²) in [6.07, 6.45) is -3.56. The van der Waals surface area contributed by atoms with Gasteiger partial charge in [-0.15, -0.1) is 0 Å². The van der Waals surface area contributed by atoms with Crippen molar-refractivity contribution in [2.45, 2.75) is 6.18 Å². The zero-order chi connectivity index (χ0) is 20.8. The van der Waals surface area contributed by atoms with Crippen LogP contribution in [0.5, 0.6) is 5.75 Å². The lowest BCUT2D eigenvalue weighted by molar-refractivity contribution is -0.137. The summed E-state index contributed by atoms with van der Waals surface area (Å²) in [6, 6.07) is 8.69. The van der Waals surface area contributed by atoms with Crippen LogP contribution in [0, 0.1) is 5.82 Å². The minimum absolute atomic E-state index is 0.0226. The van der Waals surface area contributed by atoms with Crippen LogP contribution in [-0.2, 0) is 6.18 Å². The molecule has 10 heteroatoms. The third-order valence-corrected chi connectivity index (χ3v) is 4.36. The number of hydrogen-bond donors (Lipinski definition) is 1. The fourth-order valence-electron chi connectivity index (χ4n) is 2.98. The maximum absolute atomic E-state index is 14.4. The highest BCUT2D eigenvalue weighted by molar-refractivity contribution is 5.88. The lowest BCUT2D eigenvalue weighted by atomic mass is 10.1. The molecule has 2 aromatic carbocycles. The molecule has 0 aliphatic heterocycles. The van der Waals surface area contributed by atoms with Crippen LogP contribution in [0.4, 0.5) is 17.6 Å². The molecule has 0 amide bonds. The molecule has 2 aromatic heterocycles. The maximum atomic E-state index is 14.4. The van der Waals surface area contributed by atoms with Crippen molar-refractivity contribution < 1.29 is 22.3 Å². The van der Waals surface area contributed by atoms with Crippen LogP contribution in [0.25, 0.3) is 28.1 Å². The van der Waals surface area contributed by atoms with Crippen LogP contribution >= 0.6 is 0 Å². The monoisotopic (exact) mass is 404 g/mol. The number of ether oxygens (including phenoxy) is 1.